The predicted octanol–water partition coefficient (Wildman–Crippen LogP) is 0.288. The Morgan fingerprint density at radius 3 is 2.35 bits per heavy atom. The second-order valence-electron chi connectivity index (χ2n) is 4.89. The third-order valence-electron chi connectivity index (χ3n) is 3.35. The number of nitrogens with one attached hydrogen (secondary N) is 2. The molecule has 0 spiro atoms. The van der Waals surface area contributed by atoms with Crippen LogP contribution < -0.4 is 16.4 Å². The van der Waals surface area contributed by atoms with Gasteiger partial charge < -0.3 is 21.5 Å². The van der Waals surface area contributed by atoms with Crippen molar-refractivity contribution in [3.05, 3.63) is 0 Å². The number of carboxylic acids is 1. The number of carbonyl (C=O) groups is 3. The monoisotopic (exact) mass is 303 g/mol. The molecule has 0 aromatic heterocycles. The Labute approximate surface area is 122 Å². The third-order valence-corrected chi connectivity index (χ3v) is 4.49. The van der Waals surface area contributed by atoms with E-state index in [1.54, 1.807) is 0 Å². The number of amides is 3. The van der Waals surface area contributed by atoms with E-state index in [0.29, 0.717) is 5.25 Å². The van der Waals surface area contributed by atoms with Gasteiger partial charge in [0.2, 0.25) is 5.91 Å². The smallest absolute Gasteiger partial charge is 0.326 e. The summed E-state index contributed by atoms with van der Waals surface area (Å²) >= 11 is 1.83. The summed E-state index contributed by atoms with van der Waals surface area (Å²) in [5.74, 6) is -2.04. The lowest BCUT2D eigenvalue weighted by atomic mass is 9.95. The number of hydrogen-bond donors (Lipinski definition) is 4. The maximum Gasteiger partial charge on any atom is 0.326 e. The molecule has 0 radical (unpaired) electrons. The minimum Gasteiger partial charge on any atom is -0.480 e. The van der Waals surface area contributed by atoms with Crippen LogP contribution in [-0.4, -0.2) is 46.6 Å². The van der Waals surface area contributed by atoms with Crippen molar-refractivity contribution in [1.82, 2.24) is 10.6 Å². The van der Waals surface area contributed by atoms with Crippen LogP contribution >= 0.6 is 11.8 Å². The van der Waals surface area contributed by atoms with E-state index >= 15 is 0 Å². The first-order valence-corrected chi connectivity index (χ1v) is 7.82. The van der Waals surface area contributed by atoms with Crippen molar-refractivity contribution in [2.45, 2.75) is 49.4 Å². The van der Waals surface area contributed by atoms with Gasteiger partial charge in [0.1, 0.15) is 6.04 Å². The predicted molar refractivity (Wildman–Crippen MR) is 76.5 cm³/mol. The van der Waals surface area contributed by atoms with Crippen LogP contribution in [-0.2, 0) is 9.59 Å². The molecule has 3 amide bonds. The third kappa shape index (κ3) is 5.68. The zero-order chi connectivity index (χ0) is 15.1. The fourth-order valence-electron chi connectivity index (χ4n) is 2.23. The van der Waals surface area contributed by atoms with Gasteiger partial charge in [-0.1, -0.05) is 0 Å². The second kappa shape index (κ2) is 7.98. The van der Waals surface area contributed by atoms with Gasteiger partial charge in [-0.2, -0.15) is 11.8 Å². The first kappa shape index (κ1) is 16.6. The van der Waals surface area contributed by atoms with Crippen LogP contribution in [0.5, 0.6) is 0 Å². The molecule has 1 saturated carbocycles. The summed E-state index contributed by atoms with van der Waals surface area (Å²) in [6.45, 7) is 0. The van der Waals surface area contributed by atoms with Gasteiger partial charge in [0, 0.05) is 11.3 Å². The Balaban J connectivity index is 2.38. The Hall–Kier alpha value is -1.44. The number of thioether (sulfide) groups is 1. The Morgan fingerprint density at radius 2 is 1.90 bits per heavy atom. The molecule has 1 aliphatic carbocycles. The van der Waals surface area contributed by atoms with E-state index in [4.69, 9.17) is 10.8 Å². The van der Waals surface area contributed by atoms with Gasteiger partial charge in [-0.05, 0) is 31.9 Å². The molecule has 1 aliphatic rings. The number of primary amides is 1. The van der Waals surface area contributed by atoms with Crippen LogP contribution in [0.4, 0.5) is 4.79 Å². The number of urea groups is 1. The minimum atomic E-state index is -1.28. The van der Waals surface area contributed by atoms with Crippen LogP contribution in [0.3, 0.4) is 0 Å². The lowest BCUT2D eigenvalue weighted by Gasteiger charge is -2.28. The molecule has 1 atom stereocenters. The molecule has 0 aliphatic heterocycles. The Kier molecular flexibility index (Phi) is 6.63. The highest BCUT2D eigenvalue weighted by atomic mass is 32.2. The largest absolute Gasteiger partial charge is 0.480 e. The van der Waals surface area contributed by atoms with Crippen molar-refractivity contribution in [3.63, 3.8) is 0 Å². The summed E-state index contributed by atoms with van der Waals surface area (Å²) in [5.41, 5.74) is 4.95. The SMILES string of the molecule is CSC1CCC(NC(=O)N[C@H](CC(N)=O)C(=O)O)CC1. The van der Waals surface area contributed by atoms with Crippen LogP contribution in [0, 0.1) is 0 Å². The highest BCUT2D eigenvalue weighted by Gasteiger charge is 2.25. The van der Waals surface area contributed by atoms with Crippen LogP contribution in [0.1, 0.15) is 32.1 Å². The topological polar surface area (TPSA) is 122 Å². The lowest BCUT2D eigenvalue weighted by molar-refractivity contribution is -0.140. The second-order valence-corrected chi connectivity index (χ2v) is 6.03. The van der Waals surface area contributed by atoms with Crippen molar-refractivity contribution in [2.75, 3.05) is 6.26 Å². The molecule has 7 nitrogen and oxygen atoms in total. The number of aliphatic carboxylic acids is 1. The molecule has 0 aromatic carbocycles. The molecular weight excluding hydrogens is 282 g/mol. The molecule has 8 heteroatoms. The standard InChI is InChI=1S/C12H21N3O4S/c1-20-8-4-2-7(3-5-8)14-12(19)15-9(11(17)18)6-10(13)16/h7-9H,2-6H2,1H3,(H2,13,16)(H,17,18)(H2,14,15,19)/t7?,8?,9-/m1/s1. The van der Waals surface area contributed by atoms with Gasteiger partial charge in [0.25, 0.3) is 0 Å². The van der Waals surface area contributed by atoms with Gasteiger partial charge >= 0.3 is 12.0 Å². The molecule has 114 valence electrons. The van der Waals surface area contributed by atoms with Gasteiger partial charge in [-0.25, -0.2) is 9.59 Å². The van der Waals surface area contributed by atoms with Gasteiger partial charge in [-0.15, -0.1) is 0 Å². The number of carboxylic acid groups (broad SMARTS) is 1. The van der Waals surface area contributed by atoms with Crippen molar-refractivity contribution < 1.29 is 19.5 Å². The van der Waals surface area contributed by atoms with E-state index < -0.39 is 30.4 Å². The quantitative estimate of drug-likeness (QED) is 0.562. The zero-order valence-corrected chi connectivity index (χ0v) is 12.2. The molecule has 1 rings (SSSR count). The highest BCUT2D eigenvalue weighted by Crippen LogP contribution is 2.26. The lowest BCUT2D eigenvalue weighted by Crippen LogP contribution is -2.50. The number of carbonyl (C=O) groups excluding carboxylic acids is 2. The highest BCUT2D eigenvalue weighted by molar-refractivity contribution is 7.99. The Bertz CT molecular complexity index is 370. The van der Waals surface area contributed by atoms with E-state index in [-0.39, 0.29) is 6.04 Å². The van der Waals surface area contributed by atoms with E-state index in [0.717, 1.165) is 25.7 Å². The summed E-state index contributed by atoms with van der Waals surface area (Å²) in [6, 6.07) is -1.79. The molecule has 20 heavy (non-hydrogen) atoms. The summed E-state index contributed by atoms with van der Waals surface area (Å²) in [4.78, 5) is 33.3. The van der Waals surface area contributed by atoms with Gasteiger partial charge in [0.15, 0.2) is 0 Å². The van der Waals surface area contributed by atoms with Crippen LogP contribution in [0.15, 0.2) is 0 Å². The van der Waals surface area contributed by atoms with Crippen molar-refractivity contribution in [3.8, 4) is 0 Å². The average molecular weight is 303 g/mol. The van der Waals surface area contributed by atoms with Crippen LogP contribution in [0.2, 0.25) is 0 Å². The maximum absolute atomic E-state index is 11.7. The molecule has 5 N–H and O–H groups in total. The first-order valence-electron chi connectivity index (χ1n) is 6.53. The van der Waals surface area contributed by atoms with E-state index in [9.17, 15) is 14.4 Å². The molecule has 0 bridgehead atoms. The molecule has 1 fully saturated rings. The van der Waals surface area contributed by atoms with Gasteiger partial charge in [0.05, 0.1) is 6.42 Å². The molecule has 0 heterocycles. The van der Waals surface area contributed by atoms with Crippen molar-refractivity contribution >= 4 is 29.7 Å². The number of nitrogens with two attached hydrogens (primary N) is 1. The van der Waals surface area contributed by atoms with Gasteiger partial charge in [-0.3, -0.25) is 4.79 Å². The molecule has 0 unspecified atom stereocenters. The number of hydrogen-bond acceptors (Lipinski definition) is 4. The van der Waals surface area contributed by atoms with Crippen molar-refractivity contribution in [2.24, 2.45) is 5.73 Å². The Morgan fingerprint density at radius 1 is 1.30 bits per heavy atom. The maximum atomic E-state index is 11.7. The van der Waals surface area contributed by atoms with Crippen LogP contribution in [0.25, 0.3) is 0 Å². The summed E-state index contributed by atoms with van der Waals surface area (Å²) in [7, 11) is 0. The fourth-order valence-corrected chi connectivity index (χ4v) is 2.97. The summed E-state index contributed by atoms with van der Waals surface area (Å²) in [6.07, 6.45) is 5.50. The number of rotatable bonds is 6. The normalized spacial score (nSPS) is 23.6. The van der Waals surface area contributed by atoms with Crippen molar-refractivity contribution in [1.29, 1.82) is 0 Å². The zero-order valence-electron chi connectivity index (χ0n) is 11.4. The average Bonchev–Trinajstić information content (AvgIpc) is 2.38. The van der Waals surface area contributed by atoms with E-state index in [2.05, 4.69) is 16.9 Å². The fraction of sp³-hybridized carbons (Fsp3) is 0.750. The van der Waals surface area contributed by atoms with E-state index in [1.165, 1.54) is 0 Å². The first-order chi connectivity index (χ1) is 9.42. The van der Waals surface area contributed by atoms with E-state index in [1.807, 2.05) is 11.8 Å². The molecule has 0 aromatic rings. The molecule has 0 saturated heterocycles. The molecular formula is C12H21N3O4S. The summed E-state index contributed by atoms with van der Waals surface area (Å²) < 4.78 is 0. The minimum absolute atomic E-state index is 0.0569. The summed E-state index contributed by atoms with van der Waals surface area (Å²) in [5, 5.41) is 14.5.